The molecular weight excluding hydrogens is 451 g/mol. The molecule has 1 N–H and O–H groups in total. The zero-order chi connectivity index (χ0) is 21.3. The second-order valence-electron chi connectivity index (χ2n) is 6.92. The van der Waals surface area contributed by atoms with Gasteiger partial charge >= 0.3 is 0 Å². The number of halogens is 2. The normalized spacial score (nSPS) is 10.9. The van der Waals surface area contributed by atoms with Gasteiger partial charge in [0.2, 0.25) is 11.7 Å². The number of benzene rings is 2. The third-order valence-electron chi connectivity index (χ3n) is 4.76. The Labute approximate surface area is 180 Å². The minimum atomic E-state index is -0.369. The minimum absolute atomic E-state index is 0.0923. The fraction of sp³-hybridized carbons (Fsp3) is 0.136. The summed E-state index contributed by atoms with van der Waals surface area (Å²) in [5.74, 6) is 0.0662. The standard InChI is InChI=1S/C22H18BrFN4O2/c1-13-5-7-16(10-14(13)2)25-20(29)12-28-9-3-4-19(28)22-26-21(27-30-22)15-6-8-18(24)17(23)11-15/h3-11H,12H2,1-2H3,(H,25,29). The number of amides is 1. The lowest BCUT2D eigenvalue weighted by Gasteiger charge is -2.09. The first-order chi connectivity index (χ1) is 14.4. The summed E-state index contributed by atoms with van der Waals surface area (Å²) in [5, 5.41) is 6.88. The Morgan fingerprint density at radius 2 is 2.00 bits per heavy atom. The lowest BCUT2D eigenvalue weighted by molar-refractivity contribution is -0.116. The predicted octanol–water partition coefficient (Wildman–Crippen LogP) is 5.36. The van der Waals surface area contributed by atoms with E-state index in [-0.39, 0.29) is 24.2 Å². The number of rotatable bonds is 5. The SMILES string of the molecule is Cc1ccc(NC(=O)Cn2cccc2-c2nc(-c3ccc(F)c(Br)c3)no2)cc1C. The first-order valence-electron chi connectivity index (χ1n) is 9.22. The molecule has 0 radical (unpaired) electrons. The van der Waals surface area contributed by atoms with Crippen LogP contribution in [-0.4, -0.2) is 20.6 Å². The van der Waals surface area contributed by atoms with Crippen LogP contribution in [0, 0.1) is 19.7 Å². The van der Waals surface area contributed by atoms with Crippen LogP contribution >= 0.6 is 15.9 Å². The maximum atomic E-state index is 13.5. The number of nitrogens with one attached hydrogen (secondary N) is 1. The third-order valence-corrected chi connectivity index (χ3v) is 5.36. The molecule has 0 aliphatic rings. The molecule has 4 aromatic rings. The van der Waals surface area contributed by atoms with Crippen molar-refractivity contribution in [3.8, 4) is 23.0 Å². The van der Waals surface area contributed by atoms with Gasteiger partial charge in [0.15, 0.2) is 0 Å². The smallest absolute Gasteiger partial charge is 0.274 e. The molecule has 0 fully saturated rings. The molecule has 152 valence electrons. The van der Waals surface area contributed by atoms with Gasteiger partial charge in [-0.25, -0.2) is 4.39 Å². The van der Waals surface area contributed by atoms with Crippen LogP contribution in [0.5, 0.6) is 0 Å². The highest BCUT2D eigenvalue weighted by molar-refractivity contribution is 9.10. The van der Waals surface area contributed by atoms with Crippen LogP contribution in [0.3, 0.4) is 0 Å². The summed E-state index contributed by atoms with van der Waals surface area (Å²) >= 11 is 3.15. The quantitative estimate of drug-likeness (QED) is 0.427. The largest absolute Gasteiger partial charge is 0.334 e. The van der Waals surface area contributed by atoms with E-state index < -0.39 is 0 Å². The van der Waals surface area contributed by atoms with Gasteiger partial charge in [-0.1, -0.05) is 11.2 Å². The highest BCUT2D eigenvalue weighted by atomic mass is 79.9. The first kappa shape index (κ1) is 20.0. The summed E-state index contributed by atoms with van der Waals surface area (Å²) in [6.07, 6.45) is 1.77. The zero-order valence-electron chi connectivity index (χ0n) is 16.3. The Balaban J connectivity index is 1.52. The van der Waals surface area contributed by atoms with Crippen molar-refractivity contribution in [1.29, 1.82) is 0 Å². The van der Waals surface area contributed by atoms with Crippen molar-refractivity contribution in [2.45, 2.75) is 20.4 Å². The second kappa shape index (κ2) is 8.23. The van der Waals surface area contributed by atoms with Crippen LogP contribution in [0.1, 0.15) is 11.1 Å². The Bertz CT molecular complexity index is 1230. The van der Waals surface area contributed by atoms with Gasteiger partial charge in [-0.2, -0.15) is 4.98 Å². The summed E-state index contributed by atoms with van der Waals surface area (Å²) in [6.45, 7) is 4.12. The van der Waals surface area contributed by atoms with Crippen LogP contribution in [0.15, 0.2) is 63.7 Å². The summed E-state index contributed by atoms with van der Waals surface area (Å²) in [4.78, 5) is 16.9. The average molecular weight is 469 g/mol. The van der Waals surface area contributed by atoms with Crippen molar-refractivity contribution in [2.24, 2.45) is 0 Å². The Morgan fingerprint density at radius 1 is 1.17 bits per heavy atom. The molecule has 0 bridgehead atoms. The Kier molecular flexibility index (Phi) is 5.50. The van der Waals surface area contributed by atoms with E-state index in [4.69, 9.17) is 4.52 Å². The topological polar surface area (TPSA) is 73.0 Å². The molecular formula is C22H18BrFN4O2. The zero-order valence-corrected chi connectivity index (χ0v) is 17.9. The van der Waals surface area contributed by atoms with Crippen LogP contribution in [-0.2, 0) is 11.3 Å². The predicted molar refractivity (Wildman–Crippen MR) is 115 cm³/mol. The molecule has 2 heterocycles. The van der Waals surface area contributed by atoms with E-state index >= 15 is 0 Å². The Morgan fingerprint density at radius 3 is 2.77 bits per heavy atom. The number of carbonyl (C=O) groups excluding carboxylic acids is 1. The van der Waals surface area contributed by atoms with Crippen molar-refractivity contribution >= 4 is 27.5 Å². The number of hydrogen-bond donors (Lipinski definition) is 1. The maximum absolute atomic E-state index is 13.5. The first-order valence-corrected chi connectivity index (χ1v) is 10.0. The number of carbonyl (C=O) groups is 1. The Hall–Kier alpha value is -3.26. The van der Waals surface area contributed by atoms with Gasteiger partial charge in [-0.15, -0.1) is 0 Å². The summed E-state index contributed by atoms with van der Waals surface area (Å²) < 4.78 is 20.9. The number of aryl methyl sites for hydroxylation is 2. The van der Waals surface area contributed by atoms with E-state index in [1.54, 1.807) is 35.0 Å². The molecule has 6 nitrogen and oxygen atoms in total. The summed E-state index contributed by atoms with van der Waals surface area (Å²) in [6, 6.07) is 13.9. The average Bonchev–Trinajstić information content (AvgIpc) is 3.36. The van der Waals surface area contributed by atoms with Gasteiger partial charge in [0.1, 0.15) is 18.1 Å². The van der Waals surface area contributed by atoms with Gasteiger partial charge in [0, 0.05) is 17.4 Å². The van der Waals surface area contributed by atoms with Crippen molar-refractivity contribution in [2.75, 3.05) is 5.32 Å². The van der Waals surface area contributed by atoms with Crippen molar-refractivity contribution < 1.29 is 13.7 Å². The van der Waals surface area contributed by atoms with E-state index in [0.717, 1.165) is 11.3 Å². The van der Waals surface area contributed by atoms with Gasteiger partial charge in [-0.3, -0.25) is 4.79 Å². The van der Waals surface area contributed by atoms with Gasteiger partial charge < -0.3 is 14.4 Å². The number of nitrogens with zero attached hydrogens (tertiary/aromatic N) is 3. The molecule has 30 heavy (non-hydrogen) atoms. The minimum Gasteiger partial charge on any atom is -0.334 e. The number of aromatic nitrogens is 3. The maximum Gasteiger partial charge on any atom is 0.274 e. The van der Waals surface area contributed by atoms with E-state index in [2.05, 4.69) is 31.4 Å². The van der Waals surface area contributed by atoms with E-state index in [1.807, 2.05) is 32.0 Å². The molecule has 0 saturated heterocycles. The molecule has 0 unspecified atom stereocenters. The highest BCUT2D eigenvalue weighted by Crippen LogP contribution is 2.26. The molecule has 2 aromatic carbocycles. The highest BCUT2D eigenvalue weighted by Gasteiger charge is 2.16. The van der Waals surface area contributed by atoms with Crippen LogP contribution < -0.4 is 5.32 Å². The molecule has 2 aromatic heterocycles. The fourth-order valence-electron chi connectivity index (χ4n) is 3.00. The molecule has 4 rings (SSSR count). The van der Waals surface area contributed by atoms with Crippen LogP contribution in [0.25, 0.3) is 23.0 Å². The van der Waals surface area contributed by atoms with Gasteiger partial charge in [-0.05, 0) is 83.4 Å². The second-order valence-corrected chi connectivity index (χ2v) is 7.77. The molecule has 0 atom stereocenters. The van der Waals surface area contributed by atoms with Crippen molar-refractivity contribution in [3.05, 3.63) is 76.1 Å². The summed E-state index contributed by atoms with van der Waals surface area (Å²) in [5.41, 5.74) is 4.26. The van der Waals surface area contributed by atoms with Crippen molar-refractivity contribution in [1.82, 2.24) is 14.7 Å². The van der Waals surface area contributed by atoms with Crippen molar-refractivity contribution in [3.63, 3.8) is 0 Å². The van der Waals surface area contributed by atoms with Gasteiger partial charge in [0.05, 0.1) is 4.47 Å². The van der Waals surface area contributed by atoms with E-state index in [1.165, 1.54) is 11.6 Å². The van der Waals surface area contributed by atoms with Crippen LogP contribution in [0.4, 0.5) is 10.1 Å². The summed E-state index contributed by atoms with van der Waals surface area (Å²) in [7, 11) is 0. The number of hydrogen-bond acceptors (Lipinski definition) is 4. The fourth-order valence-corrected chi connectivity index (χ4v) is 3.38. The lowest BCUT2D eigenvalue weighted by atomic mass is 10.1. The van der Waals surface area contributed by atoms with E-state index in [0.29, 0.717) is 21.6 Å². The molecule has 0 aliphatic heterocycles. The third kappa shape index (κ3) is 4.18. The molecule has 0 spiro atoms. The molecule has 0 saturated carbocycles. The molecule has 1 amide bonds. The lowest BCUT2D eigenvalue weighted by Crippen LogP contribution is -2.18. The molecule has 8 heteroatoms. The van der Waals surface area contributed by atoms with E-state index in [9.17, 15) is 9.18 Å². The van der Waals surface area contributed by atoms with Crippen LogP contribution in [0.2, 0.25) is 0 Å². The monoisotopic (exact) mass is 468 g/mol. The van der Waals surface area contributed by atoms with Gasteiger partial charge in [0.25, 0.3) is 5.89 Å². The molecule has 0 aliphatic carbocycles. The number of anilines is 1.